The van der Waals surface area contributed by atoms with Crippen LogP contribution >= 0.6 is 23.2 Å². The fourth-order valence-electron chi connectivity index (χ4n) is 3.80. The first-order valence-electron chi connectivity index (χ1n) is 6.44. The molecule has 0 amide bonds. The van der Waals surface area contributed by atoms with Crippen LogP contribution in [0.15, 0.2) is 12.1 Å². The Morgan fingerprint density at radius 2 is 1.40 bits per heavy atom. The Balaban J connectivity index is 0.00000121. The molecule has 0 unspecified atom stereocenters. The fraction of sp³-hybridized carbons (Fsp3) is 0.583. The first kappa shape index (κ1) is 15.0. The van der Waals surface area contributed by atoms with Gasteiger partial charge in [-0.1, -0.05) is 23.2 Å². The summed E-state index contributed by atoms with van der Waals surface area (Å²) in [4.78, 5) is 11.5. The average Bonchev–Trinajstić information content (AvgIpc) is 2.23. The van der Waals surface area contributed by atoms with Crippen molar-refractivity contribution < 1.29 is 21.5 Å². The zero-order valence-corrected chi connectivity index (χ0v) is 14.1. The van der Waals surface area contributed by atoms with Gasteiger partial charge >= 0.3 is 0 Å². The number of nitrogens with zero attached hydrogens (tertiary/aromatic N) is 5. The summed E-state index contributed by atoms with van der Waals surface area (Å²) >= 11 is 12.0. The van der Waals surface area contributed by atoms with E-state index >= 15 is 0 Å². The Bertz CT molecular complexity index is 471. The Kier molecular flexibility index (Phi) is 4.01. The standard InChI is InChI=1S/C12H16Cl2N5.BrH/c13-11-1-10(2-12(14)15-11)3-19-7-16-4-17(8-19)6-18(5-16)9-19;/h1-2H,3-9H2;1H/q+1;/p-1. The summed E-state index contributed by atoms with van der Waals surface area (Å²) in [5, 5.41) is 0.967. The lowest BCUT2D eigenvalue weighted by atomic mass is 10.2. The van der Waals surface area contributed by atoms with E-state index in [-0.39, 0.29) is 17.0 Å². The molecule has 5 rings (SSSR count). The van der Waals surface area contributed by atoms with E-state index in [1.807, 2.05) is 12.1 Å². The monoisotopic (exact) mass is 379 g/mol. The topological polar surface area (TPSA) is 22.6 Å². The van der Waals surface area contributed by atoms with Crippen molar-refractivity contribution in [2.24, 2.45) is 0 Å². The minimum atomic E-state index is 0. The highest BCUT2D eigenvalue weighted by molar-refractivity contribution is 6.32. The molecule has 110 valence electrons. The van der Waals surface area contributed by atoms with Crippen molar-refractivity contribution in [3.05, 3.63) is 28.0 Å². The SMILES string of the molecule is Clc1cc(C[N+]23CN4CN(CN(C4)C2)C3)cc(Cl)n1.[Br-]. The maximum atomic E-state index is 6.00. The number of aromatic nitrogens is 1. The van der Waals surface area contributed by atoms with E-state index in [2.05, 4.69) is 19.7 Å². The van der Waals surface area contributed by atoms with E-state index in [4.69, 9.17) is 23.2 Å². The van der Waals surface area contributed by atoms with Gasteiger partial charge in [0.05, 0.1) is 20.0 Å². The van der Waals surface area contributed by atoms with Crippen LogP contribution in [0.3, 0.4) is 0 Å². The van der Waals surface area contributed by atoms with Crippen molar-refractivity contribution in [2.45, 2.75) is 6.54 Å². The van der Waals surface area contributed by atoms with Gasteiger partial charge in [-0.3, -0.25) is 4.48 Å². The van der Waals surface area contributed by atoms with Gasteiger partial charge in [0.1, 0.15) is 36.9 Å². The number of hydrogen-bond donors (Lipinski definition) is 0. The van der Waals surface area contributed by atoms with E-state index in [0.29, 0.717) is 10.3 Å². The van der Waals surface area contributed by atoms with Crippen LogP contribution in [-0.4, -0.2) is 64.2 Å². The molecule has 5 heterocycles. The maximum absolute atomic E-state index is 6.00. The molecule has 0 saturated carbocycles. The largest absolute Gasteiger partial charge is 1.00 e. The van der Waals surface area contributed by atoms with Crippen molar-refractivity contribution in [1.29, 1.82) is 0 Å². The molecule has 4 bridgehead atoms. The lowest BCUT2D eigenvalue weighted by Crippen LogP contribution is -3.00. The highest BCUT2D eigenvalue weighted by atomic mass is 79.9. The Hall–Kier alpha value is 0.0500. The normalized spacial score (nSPS) is 37.8. The van der Waals surface area contributed by atoms with Gasteiger partial charge in [0, 0.05) is 5.56 Å². The van der Waals surface area contributed by atoms with Crippen LogP contribution in [0.2, 0.25) is 10.3 Å². The quantitative estimate of drug-likeness (QED) is 0.455. The van der Waals surface area contributed by atoms with Crippen molar-refractivity contribution >= 4 is 23.2 Å². The molecule has 0 N–H and O–H groups in total. The number of quaternary nitrogens is 1. The average molecular weight is 381 g/mol. The molecule has 1 aromatic heterocycles. The highest BCUT2D eigenvalue weighted by Crippen LogP contribution is 2.31. The third-order valence-electron chi connectivity index (χ3n) is 4.04. The number of pyridine rings is 1. The van der Waals surface area contributed by atoms with Crippen LogP contribution in [0, 0.1) is 0 Å². The van der Waals surface area contributed by atoms with E-state index in [0.717, 1.165) is 51.0 Å². The first-order chi connectivity index (χ1) is 9.10. The summed E-state index contributed by atoms with van der Waals surface area (Å²) in [6.45, 7) is 7.63. The minimum Gasteiger partial charge on any atom is -1.00 e. The molecule has 5 nitrogen and oxygen atoms in total. The number of halogens is 3. The second kappa shape index (κ2) is 5.35. The van der Waals surface area contributed by atoms with E-state index < -0.39 is 0 Å². The molecule has 4 saturated heterocycles. The first-order valence-corrected chi connectivity index (χ1v) is 7.20. The summed E-state index contributed by atoms with van der Waals surface area (Å²) < 4.78 is 1.05. The van der Waals surface area contributed by atoms with Gasteiger partial charge in [-0.25, -0.2) is 19.7 Å². The molecule has 0 aliphatic carbocycles. The van der Waals surface area contributed by atoms with Gasteiger partial charge in [0.15, 0.2) is 0 Å². The van der Waals surface area contributed by atoms with E-state index in [1.54, 1.807) is 0 Å². The van der Waals surface area contributed by atoms with Crippen molar-refractivity contribution in [1.82, 2.24) is 19.7 Å². The summed E-state index contributed by atoms with van der Waals surface area (Å²) in [7, 11) is 0. The van der Waals surface area contributed by atoms with Crippen molar-refractivity contribution in [3.63, 3.8) is 0 Å². The summed E-state index contributed by atoms with van der Waals surface area (Å²) in [5.74, 6) is 0. The molecular formula is C12H16BrCl2N5. The van der Waals surface area contributed by atoms with Crippen LogP contribution in [0.1, 0.15) is 5.56 Å². The molecule has 0 radical (unpaired) electrons. The lowest BCUT2D eigenvalue weighted by Gasteiger charge is -2.60. The van der Waals surface area contributed by atoms with Crippen LogP contribution in [-0.2, 0) is 6.54 Å². The molecular weight excluding hydrogens is 365 g/mol. The third kappa shape index (κ3) is 2.70. The zero-order chi connectivity index (χ0) is 13.0. The summed E-state index contributed by atoms with van der Waals surface area (Å²) in [6, 6.07) is 3.87. The molecule has 1 aromatic rings. The second-order valence-electron chi connectivity index (χ2n) is 5.98. The van der Waals surface area contributed by atoms with Gasteiger partial charge in [-0.15, -0.1) is 0 Å². The van der Waals surface area contributed by atoms with E-state index in [9.17, 15) is 0 Å². The minimum absolute atomic E-state index is 0. The molecule has 0 atom stereocenters. The molecule has 4 aliphatic rings. The van der Waals surface area contributed by atoms with Gasteiger partial charge in [-0.05, 0) is 12.1 Å². The Morgan fingerprint density at radius 3 is 1.85 bits per heavy atom. The van der Waals surface area contributed by atoms with Crippen LogP contribution in [0.25, 0.3) is 0 Å². The maximum Gasteiger partial charge on any atom is 0.139 e. The molecule has 20 heavy (non-hydrogen) atoms. The van der Waals surface area contributed by atoms with Crippen molar-refractivity contribution in [2.75, 3.05) is 40.0 Å². The smallest absolute Gasteiger partial charge is 0.139 e. The molecule has 4 fully saturated rings. The highest BCUT2D eigenvalue weighted by Gasteiger charge is 2.48. The molecule has 0 spiro atoms. The zero-order valence-electron chi connectivity index (χ0n) is 11.0. The third-order valence-corrected chi connectivity index (χ3v) is 4.43. The van der Waals surface area contributed by atoms with Gasteiger partial charge in [0.2, 0.25) is 0 Å². The summed E-state index contributed by atoms with van der Waals surface area (Å²) in [6.07, 6.45) is 0. The van der Waals surface area contributed by atoms with Crippen LogP contribution < -0.4 is 17.0 Å². The van der Waals surface area contributed by atoms with E-state index in [1.165, 1.54) is 5.56 Å². The number of hydrogen-bond acceptors (Lipinski definition) is 4. The molecule has 4 aliphatic heterocycles. The predicted molar refractivity (Wildman–Crippen MR) is 72.9 cm³/mol. The van der Waals surface area contributed by atoms with Crippen molar-refractivity contribution in [3.8, 4) is 0 Å². The Morgan fingerprint density at radius 1 is 0.950 bits per heavy atom. The van der Waals surface area contributed by atoms with Crippen LogP contribution in [0.4, 0.5) is 0 Å². The Labute approximate surface area is 139 Å². The number of rotatable bonds is 2. The van der Waals surface area contributed by atoms with Gasteiger partial charge in [0.25, 0.3) is 0 Å². The van der Waals surface area contributed by atoms with Crippen LogP contribution in [0.5, 0.6) is 0 Å². The fourth-order valence-corrected chi connectivity index (χ4v) is 4.31. The van der Waals surface area contributed by atoms with Gasteiger partial charge < -0.3 is 17.0 Å². The molecule has 8 heteroatoms. The second-order valence-corrected chi connectivity index (χ2v) is 6.76. The lowest BCUT2D eigenvalue weighted by molar-refractivity contribution is -0.991. The molecule has 0 aromatic carbocycles. The van der Waals surface area contributed by atoms with Gasteiger partial charge in [-0.2, -0.15) is 0 Å². The summed E-state index contributed by atoms with van der Waals surface area (Å²) in [5.41, 5.74) is 1.18. The predicted octanol–water partition coefficient (Wildman–Crippen LogP) is -1.60.